The number of nitrogens with one attached hydrogen (secondary N) is 1. The molecule has 1 amide bonds. The minimum Gasteiger partial charge on any atom is -0.350 e. The highest BCUT2D eigenvalue weighted by molar-refractivity contribution is 7.98. The van der Waals surface area contributed by atoms with E-state index in [1.807, 2.05) is 49.4 Å². The van der Waals surface area contributed by atoms with E-state index in [2.05, 4.69) is 9.29 Å². The summed E-state index contributed by atoms with van der Waals surface area (Å²) in [5.74, 6) is -0.109. The van der Waals surface area contributed by atoms with Crippen molar-refractivity contribution in [2.24, 2.45) is 5.41 Å². The van der Waals surface area contributed by atoms with E-state index < -0.39 is 0 Å². The third-order valence-electron chi connectivity index (χ3n) is 5.03. The Hall–Kier alpha value is -2.27. The van der Waals surface area contributed by atoms with Crippen LogP contribution in [0.4, 0.5) is 4.39 Å². The normalized spacial score (nSPS) is 15.2. The van der Waals surface area contributed by atoms with Crippen LogP contribution in [-0.4, -0.2) is 9.88 Å². The zero-order valence-corrected chi connectivity index (χ0v) is 15.7. The Bertz CT molecular complexity index is 977. The molecule has 0 radical (unpaired) electrons. The van der Waals surface area contributed by atoms with E-state index in [4.69, 9.17) is 0 Å². The number of amides is 1. The second kappa shape index (κ2) is 6.47. The first-order valence-corrected chi connectivity index (χ1v) is 9.56. The van der Waals surface area contributed by atoms with Crippen LogP contribution in [0.5, 0.6) is 0 Å². The maximum absolute atomic E-state index is 14.0. The van der Waals surface area contributed by atoms with Crippen LogP contribution in [0.15, 0.2) is 53.4 Å². The van der Waals surface area contributed by atoms with Gasteiger partial charge in [0.1, 0.15) is 5.82 Å². The van der Waals surface area contributed by atoms with E-state index in [0.29, 0.717) is 12.1 Å². The van der Waals surface area contributed by atoms with Crippen molar-refractivity contribution in [1.82, 2.24) is 9.29 Å². The van der Waals surface area contributed by atoms with Gasteiger partial charge >= 0.3 is 0 Å². The van der Waals surface area contributed by atoms with Crippen molar-refractivity contribution >= 4 is 28.8 Å². The van der Waals surface area contributed by atoms with E-state index in [1.54, 1.807) is 24.9 Å². The van der Waals surface area contributed by atoms with E-state index in [9.17, 15) is 9.18 Å². The van der Waals surface area contributed by atoms with Gasteiger partial charge in [0.05, 0.1) is 17.8 Å². The van der Waals surface area contributed by atoms with Crippen molar-refractivity contribution in [3.63, 3.8) is 0 Å². The van der Waals surface area contributed by atoms with Gasteiger partial charge in [-0.25, -0.2) is 4.39 Å². The highest BCUT2D eigenvalue weighted by Crippen LogP contribution is 2.45. The van der Waals surface area contributed by atoms with Crippen molar-refractivity contribution < 1.29 is 9.18 Å². The molecule has 0 saturated heterocycles. The smallest absolute Gasteiger partial charge is 0.226 e. The van der Waals surface area contributed by atoms with Crippen LogP contribution >= 0.6 is 11.9 Å². The topological polar surface area (TPSA) is 34.0 Å². The maximum Gasteiger partial charge on any atom is 0.226 e. The second-order valence-corrected chi connectivity index (χ2v) is 8.26. The molecule has 0 unspecified atom stereocenters. The molecule has 4 rings (SSSR count). The Morgan fingerprint density at radius 2 is 1.96 bits per heavy atom. The van der Waals surface area contributed by atoms with Crippen LogP contribution in [0.2, 0.25) is 0 Å². The summed E-state index contributed by atoms with van der Waals surface area (Å²) in [5, 5.41) is 3.90. The molecule has 0 aliphatic heterocycles. The minimum atomic E-state index is -0.208. The molecule has 5 heteroatoms. The molecule has 3 nitrogen and oxygen atoms in total. The lowest BCUT2D eigenvalue weighted by molar-refractivity contribution is -0.125. The van der Waals surface area contributed by atoms with Crippen molar-refractivity contribution in [1.29, 1.82) is 0 Å². The molecule has 1 fully saturated rings. The number of nitrogens with zero attached hydrogens (tertiary/aromatic N) is 1. The van der Waals surface area contributed by atoms with Gasteiger partial charge in [-0.3, -0.25) is 8.77 Å². The number of hydrogen-bond acceptors (Lipinski definition) is 2. The molecule has 134 valence electrons. The summed E-state index contributed by atoms with van der Waals surface area (Å²) in [5.41, 5.74) is 2.33. The van der Waals surface area contributed by atoms with E-state index in [0.717, 1.165) is 34.3 Å². The number of rotatable bonds is 5. The molecule has 0 spiro atoms. The number of hydrogen-bond donors (Lipinski definition) is 1. The average molecular weight is 368 g/mol. The lowest BCUT2D eigenvalue weighted by Crippen LogP contribution is -2.30. The van der Waals surface area contributed by atoms with Crippen LogP contribution in [-0.2, 0) is 11.3 Å². The third-order valence-corrected chi connectivity index (χ3v) is 6.12. The Labute approximate surface area is 156 Å². The zero-order chi connectivity index (χ0) is 18.3. The van der Waals surface area contributed by atoms with E-state index in [1.165, 1.54) is 0 Å². The fourth-order valence-corrected chi connectivity index (χ4v) is 3.96. The quantitative estimate of drug-likeness (QED) is 0.683. The molecule has 1 heterocycles. The van der Waals surface area contributed by atoms with E-state index in [-0.39, 0.29) is 17.1 Å². The standard InChI is InChI=1S/C21H21FN2OS/c1-14-10-19-15(12-18(14)22)11-16(13-23-20(25)21(2)8-9-21)24(19)26-17-6-4-3-5-7-17/h3-7,10-12H,8-9,13H2,1-2H3,(H,23,25). The lowest BCUT2D eigenvalue weighted by atomic mass is 10.1. The second-order valence-electron chi connectivity index (χ2n) is 7.24. The van der Waals surface area contributed by atoms with Gasteiger partial charge in [0.25, 0.3) is 0 Å². The van der Waals surface area contributed by atoms with Crippen LogP contribution in [0, 0.1) is 18.2 Å². The van der Waals surface area contributed by atoms with Gasteiger partial charge in [-0.05, 0) is 67.6 Å². The summed E-state index contributed by atoms with van der Waals surface area (Å²) in [4.78, 5) is 13.4. The van der Waals surface area contributed by atoms with Gasteiger partial charge in [-0.1, -0.05) is 25.1 Å². The molecular formula is C21H21FN2OS. The summed E-state index contributed by atoms with van der Waals surface area (Å²) in [6.45, 7) is 4.20. The van der Waals surface area contributed by atoms with Gasteiger partial charge in [-0.2, -0.15) is 0 Å². The number of aromatic nitrogens is 1. The van der Waals surface area contributed by atoms with Crippen molar-refractivity contribution in [3.8, 4) is 0 Å². The van der Waals surface area contributed by atoms with Crippen LogP contribution in [0.3, 0.4) is 0 Å². The summed E-state index contributed by atoms with van der Waals surface area (Å²) < 4.78 is 16.1. The summed E-state index contributed by atoms with van der Waals surface area (Å²) >= 11 is 1.58. The van der Waals surface area contributed by atoms with Crippen LogP contribution in [0.25, 0.3) is 10.9 Å². The average Bonchev–Trinajstić information content (AvgIpc) is 3.31. The molecule has 0 bridgehead atoms. The Kier molecular flexibility index (Phi) is 4.27. The van der Waals surface area contributed by atoms with Gasteiger partial charge in [0.2, 0.25) is 5.91 Å². The highest BCUT2D eigenvalue weighted by Gasteiger charge is 2.44. The largest absolute Gasteiger partial charge is 0.350 e. The Morgan fingerprint density at radius 1 is 1.23 bits per heavy atom. The summed E-state index contributed by atoms with van der Waals surface area (Å²) in [6, 6.07) is 15.5. The number of carbonyl (C=O) groups excluding carboxylic acids is 1. The number of benzene rings is 2. The number of halogens is 1. The first kappa shape index (κ1) is 17.2. The fraction of sp³-hybridized carbons (Fsp3) is 0.286. The molecule has 0 atom stereocenters. The maximum atomic E-state index is 14.0. The Morgan fingerprint density at radius 3 is 2.65 bits per heavy atom. The third kappa shape index (κ3) is 3.23. The zero-order valence-electron chi connectivity index (χ0n) is 14.9. The SMILES string of the molecule is Cc1cc2c(cc1F)cc(CNC(=O)C1(C)CC1)n2Sc1ccccc1. The number of fused-ring (bicyclic) bond motifs is 1. The van der Waals surface area contributed by atoms with Crippen LogP contribution < -0.4 is 5.32 Å². The molecule has 2 aromatic carbocycles. The molecule has 1 N–H and O–H groups in total. The monoisotopic (exact) mass is 368 g/mol. The van der Waals surface area contributed by atoms with Crippen molar-refractivity contribution in [2.75, 3.05) is 0 Å². The first-order chi connectivity index (χ1) is 12.5. The van der Waals surface area contributed by atoms with Crippen LogP contribution in [0.1, 0.15) is 31.0 Å². The number of aryl methyl sites for hydroxylation is 1. The van der Waals surface area contributed by atoms with Gasteiger partial charge in [0.15, 0.2) is 0 Å². The molecule has 1 aliphatic rings. The number of carbonyl (C=O) groups is 1. The molecule has 3 aromatic rings. The van der Waals surface area contributed by atoms with Crippen molar-refractivity contribution in [2.45, 2.75) is 38.1 Å². The molecule has 1 aliphatic carbocycles. The molecule has 1 saturated carbocycles. The highest BCUT2D eigenvalue weighted by atomic mass is 32.2. The van der Waals surface area contributed by atoms with Crippen molar-refractivity contribution in [3.05, 3.63) is 65.6 Å². The first-order valence-electron chi connectivity index (χ1n) is 8.78. The lowest BCUT2D eigenvalue weighted by Gasteiger charge is -2.13. The summed E-state index contributed by atoms with van der Waals surface area (Å²) in [6.07, 6.45) is 1.90. The van der Waals surface area contributed by atoms with Gasteiger partial charge < -0.3 is 5.32 Å². The van der Waals surface area contributed by atoms with Gasteiger partial charge in [0, 0.05) is 15.7 Å². The molecular weight excluding hydrogens is 347 g/mol. The predicted molar refractivity (Wildman–Crippen MR) is 104 cm³/mol. The predicted octanol–water partition coefficient (Wildman–Crippen LogP) is 5.06. The van der Waals surface area contributed by atoms with E-state index >= 15 is 0 Å². The molecule has 1 aromatic heterocycles. The minimum absolute atomic E-state index is 0.0985. The van der Waals surface area contributed by atoms with Gasteiger partial charge in [-0.15, -0.1) is 0 Å². The molecule has 26 heavy (non-hydrogen) atoms. The Balaban J connectivity index is 1.70. The summed E-state index contributed by atoms with van der Waals surface area (Å²) in [7, 11) is 0. The fourth-order valence-electron chi connectivity index (χ4n) is 2.98.